The van der Waals surface area contributed by atoms with Crippen LogP contribution in [0.1, 0.15) is 25.7 Å². The molecule has 0 aromatic carbocycles. The molecule has 0 aromatic rings. The first-order valence-electron chi connectivity index (χ1n) is 4.36. The summed E-state index contributed by atoms with van der Waals surface area (Å²) in [4.78, 5) is 2.43. The molecule has 2 aliphatic heterocycles. The number of oxime groups is 1. The summed E-state index contributed by atoms with van der Waals surface area (Å²) in [6.45, 7) is 2.30. The molecule has 1 atom stereocenters. The average molecular weight is 154 g/mol. The Labute approximate surface area is 66.7 Å². The van der Waals surface area contributed by atoms with Crippen LogP contribution in [0.3, 0.4) is 0 Å². The first-order chi connectivity index (χ1) is 5.42. The zero-order valence-corrected chi connectivity index (χ0v) is 6.66. The van der Waals surface area contributed by atoms with Gasteiger partial charge < -0.3 is 5.21 Å². The van der Waals surface area contributed by atoms with Crippen molar-refractivity contribution in [2.45, 2.75) is 31.7 Å². The third-order valence-corrected chi connectivity index (χ3v) is 2.78. The minimum Gasteiger partial charge on any atom is -0.411 e. The summed E-state index contributed by atoms with van der Waals surface area (Å²) < 4.78 is 0. The lowest BCUT2D eigenvalue weighted by atomic mass is 10.0. The van der Waals surface area contributed by atoms with Crippen molar-refractivity contribution in [1.29, 1.82) is 0 Å². The Balaban J connectivity index is 2.10. The van der Waals surface area contributed by atoms with E-state index < -0.39 is 0 Å². The fourth-order valence-corrected chi connectivity index (χ4v) is 2.18. The van der Waals surface area contributed by atoms with Gasteiger partial charge in [-0.25, -0.2) is 0 Å². The number of hydrogen-bond donors (Lipinski definition) is 1. The Bertz CT molecular complexity index is 179. The molecule has 0 aliphatic carbocycles. The summed E-state index contributed by atoms with van der Waals surface area (Å²) in [6.07, 6.45) is 4.77. The van der Waals surface area contributed by atoms with Crippen molar-refractivity contribution in [2.24, 2.45) is 5.16 Å². The van der Waals surface area contributed by atoms with E-state index in [1.807, 2.05) is 0 Å². The summed E-state index contributed by atoms with van der Waals surface area (Å²) in [5.41, 5.74) is 1.00. The summed E-state index contributed by atoms with van der Waals surface area (Å²) in [5.74, 6) is 0. The number of hydrogen-bond acceptors (Lipinski definition) is 3. The maximum absolute atomic E-state index is 8.67. The molecule has 0 amide bonds. The molecule has 0 saturated carbocycles. The Hall–Kier alpha value is -0.570. The van der Waals surface area contributed by atoms with Gasteiger partial charge in [-0.15, -0.1) is 0 Å². The molecule has 0 bridgehead atoms. The molecule has 0 radical (unpaired) electrons. The van der Waals surface area contributed by atoms with E-state index in [0.717, 1.165) is 18.7 Å². The van der Waals surface area contributed by atoms with E-state index in [-0.39, 0.29) is 0 Å². The summed E-state index contributed by atoms with van der Waals surface area (Å²) in [5, 5.41) is 12.0. The van der Waals surface area contributed by atoms with Crippen molar-refractivity contribution in [3.8, 4) is 0 Å². The van der Waals surface area contributed by atoms with Crippen molar-refractivity contribution in [3.05, 3.63) is 0 Å². The van der Waals surface area contributed by atoms with E-state index in [2.05, 4.69) is 10.1 Å². The molecule has 2 fully saturated rings. The van der Waals surface area contributed by atoms with Crippen LogP contribution in [0.5, 0.6) is 0 Å². The van der Waals surface area contributed by atoms with Crippen LogP contribution in [-0.4, -0.2) is 35.0 Å². The molecule has 1 unspecified atom stereocenters. The Morgan fingerprint density at radius 1 is 1.36 bits per heavy atom. The zero-order chi connectivity index (χ0) is 7.68. The smallest absolute Gasteiger partial charge is 0.0754 e. The molecular formula is C8H14N2O. The number of rotatable bonds is 0. The predicted octanol–water partition coefficient (Wildman–Crippen LogP) is 1.07. The molecule has 11 heavy (non-hydrogen) atoms. The lowest BCUT2D eigenvalue weighted by Gasteiger charge is -2.28. The Morgan fingerprint density at radius 2 is 2.27 bits per heavy atom. The lowest BCUT2D eigenvalue weighted by Crippen LogP contribution is -2.37. The third-order valence-electron chi connectivity index (χ3n) is 2.78. The van der Waals surface area contributed by atoms with Gasteiger partial charge in [-0.1, -0.05) is 11.6 Å². The van der Waals surface area contributed by atoms with Crippen LogP contribution >= 0.6 is 0 Å². The van der Waals surface area contributed by atoms with E-state index in [0.29, 0.717) is 6.04 Å². The van der Waals surface area contributed by atoms with Crippen molar-refractivity contribution >= 4 is 5.71 Å². The van der Waals surface area contributed by atoms with Crippen LogP contribution in [0.2, 0.25) is 0 Å². The second kappa shape index (κ2) is 2.81. The monoisotopic (exact) mass is 154 g/mol. The molecule has 2 aliphatic rings. The van der Waals surface area contributed by atoms with Crippen LogP contribution in [-0.2, 0) is 0 Å². The summed E-state index contributed by atoms with van der Waals surface area (Å²) in [6, 6.07) is 0.480. The number of fused-ring (bicyclic) bond motifs is 1. The summed E-state index contributed by atoms with van der Waals surface area (Å²) in [7, 11) is 0. The molecule has 0 spiro atoms. The van der Waals surface area contributed by atoms with Crippen LogP contribution in [0.25, 0.3) is 0 Å². The van der Waals surface area contributed by atoms with Gasteiger partial charge in [0.25, 0.3) is 0 Å². The Kier molecular flexibility index (Phi) is 1.82. The van der Waals surface area contributed by atoms with Crippen LogP contribution in [0.4, 0.5) is 0 Å². The van der Waals surface area contributed by atoms with E-state index in [1.54, 1.807) is 0 Å². The topological polar surface area (TPSA) is 35.8 Å². The first-order valence-corrected chi connectivity index (χ1v) is 4.36. The average Bonchev–Trinajstić information content (AvgIpc) is 2.47. The highest BCUT2D eigenvalue weighted by atomic mass is 16.4. The largest absolute Gasteiger partial charge is 0.411 e. The fraction of sp³-hybridized carbons (Fsp3) is 0.875. The van der Waals surface area contributed by atoms with E-state index in [9.17, 15) is 0 Å². The molecule has 1 N–H and O–H groups in total. The highest BCUT2D eigenvalue weighted by Crippen LogP contribution is 2.24. The van der Waals surface area contributed by atoms with Gasteiger partial charge in [-0.05, 0) is 19.4 Å². The van der Waals surface area contributed by atoms with Crippen molar-refractivity contribution in [1.82, 2.24) is 4.90 Å². The predicted molar refractivity (Wildman–Crippen MR) is 43.1 cm³/mol. The highest BCUT2D eigenvalue weighted by molar-refractivity contribution is 5.91. The molecule has 2 heterocycles. The molecule has 3 heteroatoms. The maximum atomic E-state index is 8.67. The maximum Gasteiger partial charge on any atom is 0.0754 e. The molecule has 3 nitrogen and oxygen atoms in total. The van der Waals surface area contributed by atoms with Gasteiger partial charge in [0.2, 0.25) is 0 Å². The lowest BCUT2D eigenvalue weighted by molar-refractivity contribution is 0.219. The minimum atomic E-state index is 0.480. The van der Waals surface area contributed by atoms with Gasteiger partial charge in [0.1, 0.15) is 0 Å². The van der Waals surface area contributed by atoms with Gasteiger partial charge >= 0.3 is 0 Å². The fourth-order valence-electron chi connectivity index (χ4n) is 2.18. The first kappa shape index (κ1) is 7.10. The quantitative estimate of drug-likeness (QED) is 0.418. The van der Waals surface area contributed by atoms with Gasteiger partial charge in [0.15, 0.2) is 0 Å². The van der Waals surface area contributed by atoms with E-state index in [1.165, 1.54) is 25.8 Å². The molecule has 2 rings (SSSR count). The van der Waals surface area contributed by atoms with Crippen molar-refractivity contribution < 1.29 is 5.21 Å². The minimum absolute atomic E-state index is 0.480. The second-order valence-electron chi connectivity index (χ2n) is 3.39. The third kappa shape index (κ3) is 1.13. The molecule has 62 valence electrons. The molecule has 0 aromatic heterocycles. The zero-order valence-electron chi connectivity index (χ0n) is 6.66. The van der Waals surface area contributed by atoms with Gasteiger partial charge in [0.05, 0.1) is 11.8 Å². The standard InChI is InChI=1S/C8H14N2O/c11-9-7-4-6-10-5-2-1-3-8(7)10/h8,11H,1-6H2/b9-7+. The second-order valence-corrected chi connectivity index (χ2v) is 3.39. The van der Waals surface area contributed by atoms with Crippen LogP contribution < -0.4 is 0 Å². The van der Waals surface area contributed by atoms with Crippen LogP contribution in [0.15, 0.2) is 5.16 Å². The van der Waals surface area contributed by atoms with Gasteiger partial charge in [-0.2, -0.15) is 0 Å². The summed E-state index contributed by atoms with van der Waals surface area (Å²) >= 11 is 0. The highest BCUT2D eigenvalue weighted by Gasteiger charge is 2.32. The molecular weight excluding hydrogens is 140 g/mol. The van der Waals surface area contributed by atoms with Gasteiger partial charge in [-0.3, -0.25) is 4.90 Å². The van der Waals surface area contributed by atoms with E-state index in [4.69, 9.17) is 5.21 Å². The van der Waals surface area contributed by atoms with E-state index >= 15 is 0 Å². The van der Waals surface area contributed by atoms with Crippen molar-refractivity contribution in [2.75, 3.05) is 13.1 Å². The van der Waals surface area contributed by atoms with Crippen LogP contribution in [0, 0.1) is 0 Å². The Morgan fingerprint density at radius 3 is 3.09 bits per heavy atom. The normalized spacial score (nSPS) is 36.0. The SMILES string of the molecule is O/N=C1\CCN2CCCCC12. The molecule has 2 saturated heterocycles. The van der Waals surface area contributed by atoms with Gasteiger partial charge in [0, 0.05) is 13.0 Å². The van der Waals surface area contributed by atoms with Crippen molar-refractivity contribution in [3.63, 3.8) is 0 Å². The number of nitrogens with zero attached hydrogens (tertiary/aromatic N) is 2. The number of piperidine rings is 1.